The minimum absolute atomic E-state index is 0.107. The number of amides is 1. The summed E-state index contributed by atoms with van der Waals surface area (Å²) < 4.78 is 5.42. The van der Waals surface area contributed by atoms with Crippen molar-refractivity contribution >= 4 is 5.91 Å². The molecule has 1 N–H and O–H groups in total. The molecule has 4 nitrogen and oxygen atoms in total. The Morgan fingerprint density at radius 3 is 2.55 bits per heavy atom. The Bertz CT molecular complexity index is 425. The molecular weight excluding hydrogens is 252 g/mol. The fraction of sp³-hybridized carbons (Fsp3) is 0.562. The number of morpholine rings is 1. The van der Waals surface area contributed by atoms with Crippen LogP contribution in [-0.2, 0) is 9.53 Å². The summed E-state index contributed by atoms with van der Waals surface area (Å²) in [6, 6.07) is 8.81. The van der Waals surface area contributed by atoms with Crippen LogP contribution in [0.15, 0.2) is 24.3 Å². The highest BCUT2D eigenvalue weighted by Gasteiger charge is 2.22. The summed E-state index contributed by atoms with van der Waals surface area (Å²) in [6.07, 6.45) is 0.531. The predicted octanol–water partition coefficient (Wildman–Crippen LogP) is 1.89. The van der Waals surface area contributed by atoms with Crippen molar-refractivity contribution in [3.63, 3.8) is 0 Å². The number of nitrogens with one attached hydrogen (secondary N) is 1. The minimum atomic E-state index is 0.107. The van der Waals surface area contributed by atoms with Crippen LogP contribution in [0, 0.1) is 6.92 Å². The van der Waals surface area contributed by atoms with E-state index in [0.717, 1.165) is 26.3 Å². The highest BCUT2D eigenvalue weighted by Crippen LogP contribution is 2.21. The summed E-state index contributed by atoms with van der Waals surface area (Å²) in [6.45, 7) is 8.00. The summed E-state index contributed by atoms with van der Waals surface area (Å²) in [5.74, 6) is 0.107. The first-order valence-corrected chi connectivity index (χ1v) is 7.35. The summed E-state index contributed by atoms with van der Waals surface area (Å²) in [5.41, 5.74) is 2.51. The second kappa shape index (κ2) is 7.41. The van der Waals surface area contributed by atoms with Crippen LogP contribution < -0.4 is 5.32 Å². The van der Waals surface area contributed by atoms with Crippen LogP contribution in [0.25, 0.3) is 0 Å². The molecule has 0 aliphatic carbocycles. The molecule has 0 bridgehead atoms. The maximum Gasteiger partial charge on any atom is 0.219 e. The van der Waals surface area contributed by atoms with Gasteiger partial charge in [-0.25, -0.2) is 0 Å². The summed E-state index contributed by atoms with van der Waals surface area (Å²) in [4.78, 5) is 13.9. The Kier molecular flexibility index (Phi) is 5.56. The van der Waals surface area contributed by atoms with Gasteiger partial charge in [-0.3, -0.25) is 9.69 Å². The first-order chi connectivity index (χ1) is 9.70. The number of ether oxygens (including phenoxy) is 1. The average molecular weight is 276 g/mol. The van der Waals surface area contributed by atoms with Crippen LogP contribution in [0.5, 0.6) is 0 Å². The van der Waals surface area contributed by atoms with Crippen LogP contribution in [0.1, 0.15) is 30.5 Å². The van der Waals surface area contributed by atoms with Crippen LogP contribution in [-0.4, -0.2) is 43.7 Å². The monoisotopic (exact) mass is 276 g/mol. The topological polar surface area (TPSA) is 41.6 Å². The second-order valence-electron chi connectivity index (χ2n) is 5.23. The standard InChI is InChI=1S/C16H24N2O2/c1-3-16(19)17-12-15(18-8-10-20-11-9-18)14-6-4-13(2)5-7-14/h4-7,15H,3,8-12H2,1-2H3,(H,17,19)/t15-/m1/s1. The number of aryl methyl sites for hydroxylation is 1. The zero-order valence-electron chi connectivity index (χ0n) is 12.4. The normalized spacial score (nSPS) is 17.7. The molecule has 20 heavy (non-hydrogen) atoms. The first kappa shape index (κ1) is 15.0. The molecule has 1 aliphatic rings. The fourth-order valence-electron chi connectivity index (χ4n) is 2.47. The van der Waals surface area contributed by atoms with E-state index in [1.165, 1.54) is 11.1 Å². The van der Waals surface area contributed by atoms with Crippen molar-refractivity contribution in [1.29, 1.82) is 0 Å². The van der Waals surface area contributed by atoms with E-state index in [1.807, 2.05) is 6.92 Å². The third-order valence-electron chi connectivity index (χ3n) is 3.76. The molecule has 0 aromatic heterocycles. The first-order valence-electron chi connectivity index (χ1n) is 7.35. The van der Waals surface area contributed by atoms with E-state index >= 15 is 0 Å². The fourth-order valence-corrected chi connectivity index (χ4v) is 2.47. The second-order valence-corrected chi connectivity index (χ2v) is 5.23. The van der Waals surface area contributed by atoms with Gasteiger partial charge in [-0.1, -0.05) is 36.8 Å². The Hall–Kier alpha value is -1.39. The number of hydrogen-bond acceptors (Lipinski definition) is 3. The molecule has 0 spiro atoms. The lowest BCUT2D eigenvalue weighted by atomic mass is 10.0. The molecule has 4 heteroatoms. The van der Waals surface area contributed by atoms with Gasteiger partial charge in [0.05, 0.1) is 19.3 Å². The molecule has 0 saturated carbocycles. The lowest BCUT2D eigenvalue weighted by Crippen LogP contribution is -2.43. The number of rotatable bonds is 5. The Labute approximate surface area is 121 Å². The van der Waals surface area contributed by atoms with Gasteiger partial charge in [0.15, 0.2) is 0 Å². The number of carbonyl (C=O) groups is 1. The SMILES string of the molecule is CCC(=O)NC[C@H](c1ccc(C)cc1)N1CCOCC1. The van der Waals surface area contributed by atoms with Gasteiger partial charge in [0.1, 0.15) is 0 Å². The summed E-state index contributed by atoms with van der Waals surface area (Å²) in [7, 11) is 0. The van der Waals surface area contributed by atoms with Crippen molar-refractivity contribution in [3.8, 4) is 0 Å². The lowest BCUT2D eigenvalue weighted by molar-refractivity contribution is -0.121. The van der Waals surface area contributed by atoms with Gasteiger partial charge >= 0.3 is 0 Å². The van der Waals surface area contributed by atoms with Crippen molar-refractivity contribution in [2.45, 2.75) is 26.3 Å². The molecule has 1 aliphatic heterocycles. The molecule has 0 unspecified atom stereocenters. The molecular formula is C16H24N2O2. The van der Waals surface area contributed by atoms with Crippen LogP contribution in [0.2, 0.25) is 0 Å². The third-order valence-corrected chi connectivity index (χ3v) is 3.76. The number of nitrogens with zero attached hydrogens (tertiary/aromatic N) is 1. The van der Waals surface area contributed by atoms with Crippen molar-refractivity contribution in [1.82, 2.24) is 10.2 Å². The third kappa shape index (κ3) is 4.05. The van der Waals surface area contributed by atoms with E-state index in [4.69, 9.17) is 4.74 Å². The zero-order chi connectivity index (χ0) is 14.4. The van der Waals surface area contributed by atoms with Gasteiger partial charge in [-0.15, -0.1) is 0 Å². The molecule has 0 radical (unpaired) electrons. The molecule has 1 aromatic rings. The number of hydrogen-bond donors (Lipinski definition) is 1. The smallest absolute Gasteiger partial charge is 0.219 e. The molecule has 1 atom stereocenters. The molecule has 1 amide bonds. The Morgan fingerprint density at radius 2 is 1.95 bits per heavy atom. The van der Waals surface area contributed by atoms with E-state index in [1.54, 1.807) is 0 Å². The zero-order valence-corrected chi connectivity index (χ0v) is 12.4. The number of carbonyl (C=O) groups excluding carboxylic acids is 1. The average Bonchev–Trinajstić information content (AvgIpc) is 2.50. The molecule has 2 rings (SSSR count). The van der Waals surface area contributed by atoms with E-state index in [9.17, 15) is 4.79 Å². The van der Waals surface area contributed by atoms with E-state index in [0.29, 0.717) is 13.0 Å². The maximum atomic E-state index is 11.5. The van der Waals surface area contributed by atoms with Gasteiger partial charge in [0.25, 0.3) is 0 Å². The van der Waals surface area contributed by atoms with Gasteiger partial charge in [0, 0.05) is 26.1 Å². The quantitative estimate of drug-likeness (QED) is 0.893. The highest BCUT2D eigenvalue weighted by molar-refractivity contribution is 5.75. The molecule has 1 fully saturated rings. The molecule has 1 aromatic carbocycles. The van der Waals surface area contributed by atoms with E-state index < -0.39 is 0 Å². The van der Waals surface area contributed by atoms with Gasteiger partial charge < -0.3 is 10.1 Å². The van der Waals surface area contributed by atoms with Crippen LogP contribution in [0.3, 0.4) is 0 Å². The van der Waals surface area contributed by atoms with Crippen molar-refractivity contribution < 1.29 is 9.53 Å². The molecule has 110 valence electrons. The minimum Gasteiger partial charge on any atom is -0.379 e. The van der Waals surface area contributed by atoms with Crippen molar-refractivity contribution in [3.05, 3.63) is 35.4 Å². The lowest BCUT2D eigenvalue weighted by Gasteiger charge is -2.35. The number of benzene rings is 1. The Balaban J connectivity index is 2.09. The maximum absolute atomic E-state index is 11.5. The van der Waals surface area contributed by atoms with Gasteiger partial charge in [-0.2, -0.15) is 0 Å². The predicted molar refractivity (Wildman–Crippen MR) is 79.6 cm³/mol. The highest BCUT2D eigenvalue weighted by atomic mass is 16.5. The van der Waals surface area contributed by atoms with Crippen LogP contribution in [0.4, 0.5) is 0 Å². The van der Waals surface area contributed by atoms with E-state index in [2.05, 4.69) is 41.4 Å². The largest absolute Gasteiger partial charge is 0.379 e. The summed E-state index contributed by atoms with van der Waals surface area (Å²) >= 11 is 0. The Morgan fingerprint density at radius 1 is 1.30 bits per heavy atom. The van der Waals surface area contributed by atoms with E-state index in [-0.39, 0.29) is 11.9 Å². The van der Waals surface area contributed by atoms with Gasteiger partial charge in [0.2, 0.25) is 5.91 Å². The molecule has 1 saturated heterocycles. The van der Waals surface area contributed by atoms with Gasteiger partial charge in [-0.05, 0) is 12.5 Å². The molecule has 1 heterocycles. The van der Waals surface area contributed by atoms with Crippen LogP contribution >= 0.6 is 0 Å². The van der Waals surface area contributed by atoms with Crippen molar-refractivity contribution in [2.75, 3.05) is 32.8 Å². The summed E-state index contributed by atoms with van der Waals surface area (Å²) in [5, 5.41) is 3.02. The van der Waals surface area contributed by atoms with Crippen molar-refractivity contribution in [2.24, 2.45) is 0 Å².